The van der Waals surface area contributed by atoms with E-state index in [9.17, 15) is 9.59 Å². The van der Waals surface area contributed by atoms with Crippen molar-refractivity contribution in [3.63, 3.8) is 0 Å². The Kier molecular flexibility index (Phi) is 4.57. The molecule has 3 aromatic rings. The van der Waals surface area contributed by atoms with Crippen molar-refractivity contribution in [2.24, 2.45) is 5.92 Å². The minimum absolute atomic E-state index is 0.0214. The van der Waals surface area contributed by atoms with Crippen LogP contribution in [0.25, 0.3) is 22.1 Å². The quantitative estimate of drug-likeness (QED) is 0.382. The molecule has 0 amide bonds. The highest BCUT2D eigenvalue weighted by molar-refractivity contribution is 5.84. The molecule has 4 nitrogen and oxygen atoms in total. The molecule has 4 heteroatoms. The summed E-state index contributed by atoms with van der Waals surface area (Å²) in [5.41, 5.74) is 1.35. The molecule has 1 aliphatic carbocycles. The van der Waals surface area contributed by atoms with E-state index in [1.165, 1.54) is 6.42 Å². The van der Waals surface area contributed by atoms with E-state index in [2.05, 4.69) is 0 Å². The van der Waals surface area contributed by atoms with Crippen LogP contribution in [0.2, 0.25) is 0 Å². The molecule has 132 valence electrons. The van der Waals surface area contributed by atoms with Crippen LogP contribution < -0.4 is 10.4 Å². The van der Waals surface area contributed by atoms with E-state index in [4.69, 9.17) is 9.15 Å². The average Bonchev–Trinajstić information content (AvgIpc) is 2.69. The number of carbonyl (C=O) groups is 1. The first-order valence-corrected chi connectivity index (χ1v) is 9.06. The van der Waals surface area contributed by atoms with Gasteiger partial charge in [0.15, 0.2) is 0 Å². The summed E-state index contributed by atoms with van der Waals surface area (Å²) >= 11 is 0. The van der Waals surface area contributed by atoms with Crippen LogP contribution in [-0.2, 0) is 4.79 Å². The van der Waals surface area contributed by atoms with Crippen molar-refractivity contribution in [2.75, 3.05) is 0 Å². The van der Waals surface area contributed by atoms with Gasteiger partial charge in [-0.2, -0.15) is 0 Å². The molecule has 0 atom stereocenters. The molecule has 26 heavy (non-hydrogen) atoms. The molecule has 1 fully saturated rings. The molecule has 0 aliphatic heterocycles. The van der Waals surface area contributed by atoms with Gasteiger partial charge in [0.2, 0.25) is 0 Å². The highest BCUT2D eigenvalue weighted by atomic mass is 16.5. The van der Waals surface area contributed by atoms with E-state index in [0.29, 0.717) is 16.9 Å². The standard InChI is InChI=1S/C22H20O4/c23-21(16-9-5-2-6-10-16)25-18-12-11-17-13-19(15-7-3-1-4-8-15)22(24)26-20(17)14-18/h1,3-4,7-8,11-14,16H,2,5-6,9-10H2. The molecule has 0 unspecified atom stereocenters. The van der Waals surface area contributed by atoms with Crippen molar-refractivity contribution in [3.8, 4) is 16.9 Å². The van der Waals surface area contributed by atoms with Crippen LogP contribution in [0.5, 0.6) is 5.75 Å². The van der Waals surface area contributed by atoms with Crippen molar-refractivity contribution in [2.45, 2.75) is 32.1 Å². The van der Waals surface area contributed by atoms with Gasteiger partial charge in [0.25, 0.3) is 0 Å². The molecule has 1 aliphatic rings. The van der Waals surface area contributed by atoms with E-state index < -0.39 is 5.63 Å². The number of rotatable bonds is 3. The molecular weight excluding hydrogens is 328 g/mol. The Hall–Kier alpha value is -2.88. The van der Waals surface area contributed by atoms with E-state index >= 15 is 0 Å². The van der Waals surface area contributed by atoms with Gasteiger partial charge < -0.3 is 9.15 Å². The van der Waals surface area contributed by atoms with Gasteiger partial charge in [0, 0.05) is 11.5 Å². The Balaban J connectivity index is 1.61. The van der Waals surface area contributed by atoms with E-state index in [1.54, 1.807) is 12.1 Å². The summed E-state index contributed by atoms with van der Waals surface area (Å²) in [6, 6.07) is 16.4. The van der Waals surface area contributed by atoms with Crippen molar-refractivity contribution >= 4 is 16.9 Å². The Bertz CT molecular complexity index is 982. The van der Waals surface area contributed by atoms with Crippen LogP contribution >= 0.6 is 0 Å². The van der Waals surface area contributed by atoms with Gasteiger partial charge in [-0.15, -0.1) is 0 Å². The second-order valence-corrected chi connectivity index (χ2v) is 6.77. The molecule has 0 radical (unpaired) electrons. The van der Waals surface area contributed by atoms with Gasteiger partial charge in [-0.1, -0.05) is 49.6 Å². The average molecular weight is 348 g/mol. The fourth-order valence-electron chi connectivity index (χ4n) is 3.51. The van der Waals surface area contributed by atoms with Gasteiger partial charge in [0.05, 0.1) is 11.5 Å². The Morgan fingerprint density at radius 2 is 1.73 bits per heavy atom. The van der Waals surface area contributed by atoms with Crippen molar-refractivity contribution in [1.82, 2.24) is 0 Å². The minimum Gasteiger partial charge on any atom is -0.426 e. The monoisotopic (exact) mass is 348 g/mol. The zero-order valence-corrected chi connectivity index (χ0v) is 14.4. The highest BCUT2D eigenvalue weighted by Crippen LogP contribution is 2.28. The topological polar surface area (TPSA) is 56.5 Å². The molecular formula is C22H20O4. The zero-order chi connectivity index (χ0) is 17.9. The largest absolute Gasteiger partial charge is 0.426 e. The lowest BCUT2D eigenvalue weighted by Crippen LogP contribution is -2.22. The van der Waals surface area contributed by atoms with Crippen LogP contribution in [0.15, 0.2) is 63.8 Å². The van der Waals surface area contributed by atoms with Crippen LogP contribution in [0.4, 0.5) is 0 Å². The summed E-state index contributed by atoms with van der Waals surface area (Å²) in [5.74, 6) is 0.211. The first-order valence-electron chi connectivity index (χ1n) is 9.06. The van der Waals surface area contributed by atoms with Crippen molar-refractivity contribution < 1.29 is 13.9 Å². The van der Waals surface area contributed by atoms with Crippen molar-refractivity contribution in [3.05, 3.63) is 65.0 Å². The fourth-order valence-corrected chi connectivity index (χ4v) is 3.51. The molecule has 0 saturated heterocycles. The van der Waals surface area contributed by atoms with Gasteiger partial charge in [0.1, 0.15) is 11.3 Å². The smallest absolute Gasteiger partial charge is 0.344 e. The zero-order valence-electron chi connectivity index (χ0n) is 14.4. The van der Waals surface area contributed by atoms with Crippen LogP contribution in [-0.4, -0.2) is 5.97 Å². The van der Waals surface area contributed by atoms with E-state index in [-0.39, 0.29) is 11.9 Å². The van der Waals surface area contributed by atoms with Crippen LogP contribution in [0, 0.1) is 5.92 Å². The summed E-state index contributed by atoms with van der Waals surface area (Å²) < 4.78 is 11.0. The maximum atomic E-state index is 12.3. The first-order chi connectivity index (χ1) is 12.7. The third-order valence-corrected chi connectivity index (χ3v) is 4.95. The van der Waals surface area contributed by atoms with Gasteiger partial charge >= 0.3 is 11.6 Å². The van der Waals surface area contributed by atoms with Gasteiger partial charge in [-0.25, -0.2) is 4.79 Å². The van der Waals surface area contributed by atoms with Gasteiger partial charge in [-0.3, -0.25) is 4.79 Å². The second kappa shape index (κ2) is 7.16. The predicted molar refractivity (Wildman–Crippen MR) is 100 cm³/mol. The number of hydrogen-bond acceptors (Lipinski definition) is 4. The normalized spacial score (nSPS) is 15.1. The lowest BCUT2D eigenvalue weighted by Gasteiger charge is -2.19. The maximum absolute atomic E-state index is 12.3. The fraction of sp³-hybridized carbons (Fsp3) is 0.273. The number of hydrogen-bond donors (Lipinski definition) is 0. The molecule has 4 rings (SSSR count). The molecule has 2 aromatic carbocycles. The summed E-state index contributed by atoms with van der Waals surface area (Å²) in [6.45, 7) is 0. The number of esters is 1. The van der Waals surface area contributed by atoms with Gasteiger partial charge in [-0.05, 0) is 36.6 Å². The molecule has 1 saturated carbocycles. The number of fused-ring (bicyclic) bond motifs is 1. The van der Waals surface area contributed by atoms with Crippen molar-refractivity contribution in [1.29, 1.82) is 0 Å². The number of benzene rings is 2. The minimum atomic E-state index is -0.403. The highest BCUT2D eigenvalue weighted by Gasteiger charge is 2.23. The summed E-state index contributed by atoms with van der Waals surface area (Å²) in [7, 11) is 0. The molecule has 0 spiro atoms. The summed E-state index contributed by atoms with van der Waals surface area (Å²) in [6.07, 6.45) is 5.13. The second-order valence-electron chi connectivity index (χ2n) is 6.77. The Morgan fingerprint density at radius 3 is 2.50 bits per heavy atom. The van der Waals surface area contributed by atoms with Crippen LogP contribution in [0.1, 0.15) is 32.1 Å². The van der Waals surface area contributed by atoms with E-state index in [1.807, 2.05) is 42.5 Å². The third kappa shape index (κ3) is 3.40. The molecule has 0 bridgehead atoms. The Morgan fingerprint density at radius 1 is 0.962 bits per heavy atom. The predicted octanol–water partition coefficient (Wildman–Crippen LogP) is 4.95. The molecule has 1 heterocycles. The lowest BCUT2D eigenvalue weighted by atomic mass is 9.89. The summed E-state index contributed by atoms with van der Waals surface area (Å²) in [5, 5.41) is 0.793. The Labute approximate surface area is 151 Å². The van der Waals surface area contributed by atoms with E-state index in [0.717, 1.165) is 36.6 Å². The number of carbonyl (C=O) groups excluding carboxylic acids is 1. The SMILES string of the molecule is O=C(Oc1ccc2cc(-c3ccccc3)c(=O)oc2c1)C1CCCCC1. The molecule has 0 N–H and O–H groups in total. The maximum Gasteiger partial charge on any atom is 0.344 e. The third-order valence-electron chi connectivity index (χ3n) is 4.95. The number of ether oxygens (including phenoxy) is 1. The lowest BCUT2D eigenvalue weighted by molar-refractivity contribution is -0.139. The van der Waals surface area contributed by atoms with Crippen LogP contribution in [0.3, 0.4) is 0 Å². The molecule has 1 aromatic heterocycles. The first kappa shape index (κ1) is 16.6. The summed E-state index contributed by atoms with van der Waals surface area (Å²) in [4.78, 5) is 24.6.